The molecule has 0 amide bonds. The molecule has 1 aliphatic rings. The SMILES string of the molecule is c1cc2cc(CNCC3CCCOC3)ccc2[nH]1. The molecule has 2 N–H and O–H groups in total. The lowest BCUT2D eigenvalue weighted by Gasteiger charge is -2.22. The van der Waals surface area contributed by atoms with Crippen molar-refractivity contribution in [2.24, 2.45) is 5.92 Å². The molecular weight excluding hydrogens is 224 g/mol. The number of benzene rings is 1. The predicted octanol–water partition coefficient (Wildman–Crippen LogP) is 2.68. The van der Waals surface area contributed by atoms with Crippen LogP contribution < -0.4 is 5.32 Å². The first kappa shape index (κ1) is 11.8. The van der Waals surface area contributed by atoms with Crippen LogP contribution in [-0.4, -0.2) is 24.7 Å². The van der Waals surface area contributed by atoms with E-state index >= 15 is 0 Å². The molecule has 96 valence electrons. The maximum atomic E-state index is 5.49. The second-order valence-electron chi connectivity index (χ2n) is 5.11. The van der Waals surface area contributed by atoms with Crippen molar-refractivity contribution in [1.82, 2.24) is 10.3 Å². The third-order valence-corrected chi connectivity index (χ3v) is 3.63. The maximum Gasteiger partial charge on any atom is 0.0506 e. The van der Waals surface area contributed by atoms with Gasteiger partial charge in [0.1, 0.15) is 0 Å². The van der Waals surface area contributed by atoms with Gasteiger partial charge in [0.15, 0.2) is 0 Å². The number of hydrogen-bond donors (Lipinski definition) is 2. The van der Waals surface area contributed by atoms with E-state index in [-0.39, 0.29) is 0 Å². The molecule has 1 aliphatic heterocycles. The summed E-state index contributed by atoms with van der Waals surface area (Å²) in [5.74, 6) is 0.690. The fourth-order valence-electron chi connectivity index (χ4n) is 2.60. The summed E-state index contributed by atoms with van der Waals surface area (Å²) >= 11 is 0. The van der Waals surface area contributed by atoms with Gasteiger partial charge in [-0.05, 0) is 47.9 Å². The van der Waals surface area contributed by atoms with Crippen LogP contribution in [0.3, 0.4) is 0 Å². The summed E-state index contributed by atoms with van der Waals surface area (Å²) in [4.78, 5) is 3.22. The minimum Gasteiger partial charge on any atom is -0.381 e. The average molecular weight is 244 g/mol. The average Bonchev–Trinajstić information content (AvgIpc) is 2.87. The molecule has 1 aromatic carbocycles. The molecule has 2 heterocycles. The van der Waals surface area contributed by atoms with Gasteiger partial charge >= 0.3 is 0 Å². The Morgan fingerprint density at radius 2 is 2.33 bits per heavy atom. The molecule has 3 rings (SSSR count). The zero-order valence-corrected chi connectivity index (χ0v) is 10.6. The van der Waals surface area contributed by atoms with E-state index in [1.54, 1.807) is 0 Å². The Morgan fingerprint density at radius 1 is 1.33 bits per heavy atom. The Kier molecular flexibility index (Phi) is 3.62. The van der Waals surface area contributed by atoms with Crippen LogP contribution in [0, 0.1) is 5.92 Å². The lowest BCUT2D eigenvalue weighted by Crippen LogP contribution is -2.28. The quantitative estimate of drug-likeness (QED) is 0.867. The van der Waals surface area contributed by atoms with E-state index < -0.39 is 0 Å². The Labute approximate surface area is 108 Å². The van der Waals surface area contributed by atoms with Crippen molar-refractivity contribution in [3.05, 3.63) is 36.0 Å². The fourth-order valence-corrected chi connectivity index (χ4v) is 2.60. The van der Waals surface area contributed by atoms with Gasteiger partial charge in [0.05, 0.1) is 6.61 Å². The normalized spacial score (nSPS) is 20.3. The van der Waals surface area contributed by atoms with Gasteiger partial charge < -0.3 is 15.0 Å². The first-order chi connectivity index (χ1) is 8.92. The van der Waals surface area contributed by atoms with Gasteiger partial charge in [0.2, 0.25) is 0 Å². The number of nitrogens with one attached hydrogen (secondary N) is 2. The van der Waals surface area contributed by atoms with Crippen molar-refractivity contribution in [2.75, 3.05) is 19.8 Å². The largest absolute Gasteiger partial charge is 0.381 e. The lowest BCUT2D eigenvalue weighted by atomic mass is 10.0. The monoisotopic (exact) mass is 244 g/mol. The number of hydrogen-bond acceptors (Lipinski definition) is 2. The molecule has 0 radical (unpaired) electrons. The van der Waals surface area contributed by atoms with Gasteiger partial charge in [0, 0.05) is 31.4 Å². The van der Waals surface area contributed by atoms with Gasteiger partial charge in [-0.25, -0.2) is 0 Å². The van der Waals surface area contributed by atoms with Gasteiger partial charge in [-0.3, -0.25) is 0 Å². The molecule has 3 nitrogen and oxygen atoms in total. The van der Waals surface area contributed by atoms with Crippen molar-refractivity contribution in [1.29, 1.82) is 0 Å². The highest BCUT2D eigenvalue weighted by atomic mass is 16.5. The first-order valence-corrected chi connectivity index (χ1v) is 6.76. The number of ether oxygens (including phenoxy) is 1. The van der Waals surface area contributed by atoms with Crippen LogP contribution >= 0.6 is 0 Å². The predicted molar refractivity (Wildman–Crippen MR) is 73.5 cm³/mol. The summed E-state index contributed by atoms with van der Waals surface area (Å²) in [7, 11) is 0. The highest BCUT2D eigenvalue weighted by Gasteiger charge is 2.12. The summed E-state index contributed by atoms with van der Waals surface area (Å²) in [6.45, 7) is 3.87. The highest BCUT2D eigenvalue weighted by Crippen LogP contribution is 2.15. The maximum absolute atomic E-state index is 5.49. The smallest absolute Gasteiger partial charge is 0.0506 e. The number of fused-ring (bicyclic) bond motifs is 1. The van der Waals surface area contributed by atoms with Crippen LogP contribution in [0.15, 0.2) is 30.5 Å². The van der Waals surface area contributed by atoms with E-state index in [9.17, 15) is 0 Å². The van der Waals surface area contributed by atoms with Crippen molar-refractivity contribution in [2.45, 2.75) is 19.4 Å². The molecule has 1 fully saturated rings. The number of aromatic amines is 1. The molecule has 1 unspecified atom stereocenters. The summed E-state index contributed by atoms with van der Waals surface area (Å²) < 4.78 is 5.49. The Morgan fingerprint density at radius 3 is 3.22 bits per heavy atom. The Hall–Kier alpha value is -1.32. The Bertz CT molecular complexity index is 500. The summed E-state index contributed by atoms with van der Waals surface area (Å²) in [5, 5.41) is 4.83. The van der Waals surface area contributed by atoms with E-state index in [2.05, 4.69) is 34.6 Å². The van der Waals surface area contributed by atoms with Crippen molar-refractivity contribution >= 4 is 10.9 Å². The standard InChI is InChI=1S/C15H20N2O/c1-2-13(11-18-7-1)10-16-9-12-3-4-15-14(8-12)5-6-17-15/h3-6,8,13,16-17H,1-2,7,9-11H2. The highest BCUT2D eigenvalue weighted by molar-refractivity contribution is 5.79. The second kappa shape index (κ2) is 5.55. The van der Waals surface area contributed by atoms with Crippen LogP contribution in [0.1, 0.15) is 18.4 Å². The molecule has 0 bridgehead atoms. The molecular formula is C15H20N2O. The van der Waals surface area contributed by atoms with E-state index in [1.807, 2.05) is 6.20 Å². The van der Waals surface area contributed by atoms with Crippen LogP contribution in [0.25, 0.3) is 10.9 Å². The molecule has 18 heavy (non-hydrogen) atoms. The lowest BCUT2D eigenvalue weighted by molar-refractivity contribution is 0.0547. The zero-order valence-electron chi connectivity index (χ0n) is 10.6. The van der Waals surface area contributed by atoms with E-state index in [0.29, 0.717) is 5.92 Å². The number of aromatic nitrogens is 1. The molecule has 0 spiro atoms. The molecule has 1 saturated heterocycles. The summed E-state index contributed by atoms with van der Waals surface area (Å²) in [5.41, 5.74) is 2.55. The third-order valence-electron chi connectivity index (χ3n) is 3.63. The van der Waals surface area contributed by atoms with Crippen molar-refractivity contribution < 1.29 is 4.74 Å². The molecule has 3 heteroatoms. The molecule has 1 aromatic heterocycles. The van der Waals surface area contributed by atoms with Crippen molar-refractivity contribution in [3.8, 4) is 0 Å². The number of rotatable bonds is 4. The summed E-state index contributed by atoms with van der Waals surface area (Å²) in [6.07, 6.45) is 4.49. The van der Waals surface area contributed by atoms with Gasteiger partial charge in [0.25, 0.3) is 0 Å². The molecule has 2 aromatic rings. The topological polar surface area (TPSA) is 37.0 Å². The van der Waals surface area contributed by atoms with Crippen LogP contribution in [-0.2, 0) is 11.3 Å². The second-order valence-corrected chi connectivity index (χ2v) is 5.11. The third kappa shape index (κ3) is 2.74. The van der Waals surface area contributed by atoms with Crippen LogP contribution in [0.2, 0.25) is 0 Å². The molecule has 0 aliphatic carbocycles. The zero-order chi connectivity index (χ0) is 12.2. The molecule has 1 atom stereocenters. The van der Waals surface area contributed by atoms with Gasteiger partial charge in [-0.1, -0.05) is 6.07 Å². The van der Waals surface area contributed by atoms with Crippen LogP contribution in [0.5, 0.6) is 0 Å². The minimum absolute atomic E-state index is 0.690. The minimum atomic E-state index is 0.690. The van der Waals surface area contributed by atoms with E-state index in [0.717, 1.165) is 26.3 Å². The molecule has 0 saturated carbocycles. The number of H-pyrrole nitrogens is 1. The fraction of sp³-hybridized carbons (Fsp3) is 0.467. The van der Waals surface area contributed by atoms with Crippen LogP contribution in [0.4, 0.5) is 0 Å². The van der Waals surface area contributed by atoms with E-state index in [4.69, 9.17) is 4.74 Å². The summed E-state index contributed by atoms with van der Waals surface area (Å²) in [6, 6.07) is 8.70. The van der Waals surface area contributed by atoms with Crippen molar-refractivity contribution in [3.63, 3.8) is 0 Å². The van der Waals surface area contributed by atoms with Gasteiger partial charge in [-0.15, -0.1) is 0 Å². The first-order valence-electron chi connectivity index (χ1n) is 6.76. The van der Waals surface area contributed by atoms with Gasteiger partial charge in [-0.2, -0.15) is 0 Å². The van der Waals surface area contributed by atoms with E-state index in [1.165, 1.54) is 29.3 Å². The Balaban J connectivity index is 1.52.